The van der Waals surface area contributed by atoms with Gasteiger partial charge in [0.1, 0.15) is 5.78 Å². The van der Waals surface area contributed by atoms with E-state index in [0.29, 0.717) is 6.42 Å². The smallest absolute Gasteiger partial charge is 0.145 e. The number of hydrogen-bond donors (Lipinski definition) is 2. The molecule has 1 aliphatic heterocycles. The second-order valence-electron chi connectivity index (χ2n) is 7.26. The molecule has 4 rings (SSSR count). The van der Waals surface area contributed by atoms with Crippen molar-refractivity contribution in [3.63, 3.8) is 0 Å². The number of ketones is 1. The highest BCUT2D eigenvalue weighted by atomic mass is 16.1. The molecule has 1 aliphatic carbocycles. The van der Waals surface area contributed by atoms with Crippen molar-refractivity contribution in [1.82, 2.24) is 4.98 Å². The lowest BCUT2D eigenvalue weighted by molar-refractivity contribution is -0.124. The Labute approximate surface area is 142 Å². The van der Waals surface area contributed by atoms with Crippen molar-refractivity contribution in [3.05, 3.63) is 66.1 Å². The van der Waals surface area contributed by atoms with E-state index in [-0.39, 0.29) is 23.2 Å². The van der Waals surface area contributed by atoms with Crippen molar-refractivity contribution in [2.75, 3.05) is 10.6 Å². The molecule has 4 nitrogen and oxygen atoms in total. The quantitative estimate of drug-likeness (QED) is 0.829. The summed E-state index contributed by atoms with van der Waals surface area (Å²) in [6.07, 6.45) is 4.53. The van der Waals surface area contributed by atoms with Crippen LogP contribution in [-0.4, -0.2) is 10.8 Å². The van der Waals surface area contributed by atoms with Gasteiger partial charge in [-0.1, -0.05) is 38.1 Å². The van der Waals surface area contributed by atoms with E-state index in [9.17, 15) is 4.79 Å². The van der Waals surface area contributed by atoms with Crippen LogP contribution in [-0.2, 0) is 4.79 Å². The van der Waals surface area contributed by atoms with Gasteiger partial charge in [0.2, 0.25) is 0 Å². The number of nitrogens with zero attached hydrogens (tertiary/aromatic N) is 1. The summed E-state index contributed by atoms with van der Waals surface area (Å²) >= 11 is 0. The van der Waals surface area contributed by atoms with E-state index in [1.807, 2.05) is 42.5 Å². The van der Waals surface area contributed by atoms with Crippen LogP contribution in [0.1, 0.15) is 32.0 Å². The minimum Gasteiger partial charge on any atom is -0.374 e. The molecule has 0 saturated heterocycles. The van der Waals surface area contributed by atoms with Gasteiger partial charge in [-0.2, -0.15) is 0 Å². The van der Waals surface area contributed by atoms with Gasteiger partial charge >= 0.3 is 0 Å². The number of benzene rings is 1. The zero-order valence-corrected chi connectivity index (χ0v) is 13.9. The fraction of sp³-hybridized carbons (Fsp3) is 0.300. The summed E-state index contributed by atoms with van der Waals surface area (Å²) in [7, 11) is 0. The zero-order valence-electron chi connectivity index (χ0n) is 13.9. The van der Waals surface area contributed by atoms with Gasteiger partial charge in [0.05, 0.1) is 29.0 Å². The van der Waals surface area contributed by atoms with Crippen LogP contribution in [0.25, 0.3) is 0 Å². The predicted molar refractivity (Wildman–Crippen MR) is 95.6 cm³/mol. The number of pyridine rings is 1. The molecule has 0 fully saturated rings. The second kappa shape index (κ2) is 5.48. The first kappa shape index (κ1) is 14.9. The minimum atomic E-state index is -0.250. The first-order valence-corrected chi connectivity index (χ1v) is 8.32. The van der Waals surface area contributed by atoms with Crippen molar-refractivity contribution in [2.24, 2.45) is 11.3 Å². The molecule has 1 aromatic carbocycles. The Bertz CT molecular complexity index is 811. The Morgan fingerprint density at radius 2 is 1.83 bits per heavy atom. The second-order valence-corrected chi connectivity index (χ2v) is 7.26. The van der Waals surface area contributed by atoms with Gasteiger partial charge in [-0.05, 0) is 29.7 Å². The Morgan fingerprint density at radius 3 is 2.58 bits per heavy atom. The largest absolute Gasteiger partial charge is 0.374 e. The summed E-state index contributed by atoms with van der Waals surface area (Å²) in [4.78, 5) is 17.5. The Kier molecular flexibility index (Phi) is 3.41. The first-order chi connectivity index (χ1) is 11.5. The SMILES string of the molecule is CC1(C)C=C2Nc3ccccc3NC(c3ccccn3)C2C(=O)C1. The number of Topliss-reactive ketones (excluding diaryl/α,β-unsaturated/α-hetero) is 1. The lowest BCUT2D eigenvalue weighted by Gasteiger charge is -2.35. The van der Waals surface area contributed by atoms with Crippen molar-refractivity contribution >= 4 is 17.2 Å². The number of nitrogens with one attached hydrogen (secondary N) is 2. The van der Waals surface area contributed by atoms with Crippen LogP contribution in [0.2, 0.25) is 0 Å². The summed E-state index contributed by atoms with van der Waals surface area (Å²) in [5.41, 5.74) is 3.72. The molecule has 122 valence electrons. The summed E-state index contributed by atoms with van der Waals surface area (Å²) in [6.45, 7) is 4.21. The lowest BCUT2D eigenvalue weighted by atomic mass is 9.73. The molecule has 0 radical (unpaired) electrons. The van der Waals surface area contributed by atoms with Gasteiger partial charge < -0.3 is 10.6 Å². The standard InChI is InChI=1S/C20H21N3O/c1-20(2)11-16-18(17(24)12-20)19(15-9-5-6-10-21-15)23-14-8-4-3-7-13(14)22-16/h3-11,18-19,22-23H,12H2,1-2H3. The first-order valence-electron chi connectivity index (χ1n) is 8.32. The van der Waals surface area contributed by atoms with Crippen LogP contribution in [0, 0.1) is 11.3 Å². The highest BCUT2D eigenvalue weighted by Crippen LogP contribution is 2.44. The monoisotopic (exact) mass is 319 g/mol. The topological polar surface area (TPSA) is 54.0 Å². The molecule has 2 aromatic rings. The predicted octanol–water partition coefficient (Wildman–Crippen LogP) is 4.16. The number of rotatable bonds is 1. The van der Waals surface area contributed by atoms with Gasteiger partial charge in [0.25, 0.3) is 0 Å². The number of anilines is 2. The van der Waals surface area contributed by atoms with E-state index in [1.54, 1.807) is 6.20 Å². The van der Waals surface area contributed by atoms with Crippen LogP contribution < -0.4 is 10.6 Å². The zero-order chi connectivity index (χ0) is 16.7. The number of allylic oxidation sites excluding steroid dienone is 1. The molecule has 4 heteroatoms. The highest BCUT2D eigenvalue weighted by Gasteiger charge is 2.41. The Hall–Kier alpha value is -2.62. The number of carbonyl (C=O) groups excluding carboxylic acids is 1. The number of fused-ring (bicyclic) bond motifs is 2. The summed E-state index contributed by atoms with van der Waals surface area (Å²) in [5.74, 6) is 0.00119. The maximum Gasteiger partial charge on any atom is 0.145 e. The fourth-order valence-corrected chi connectivity index (χ4v) is 3.70. The number of aromatic nitrogens is 1. The lowest BCUT2D eigenvalue weighted by Crippen LogP contribution is -2.37. The molecule has 2 heterocycles. The highest BCUT2D eigenvalue weighted by molar-refractivity contribution is 5.90. The van der Waals surface area contributed by atoms with E-state index in [4.69, 9.17) is 0 Å². The average molecular weight is 319 g/mol. The molecule has 0 saturated carbocycles. The van der Waals surface area contributed by atoms with E-state index in [2.05, 4.69) is 35.5 Å². The normalized spacial score (nSPS) is 24.6. The molecule has 2 N–H and O–H groups in total. The van der Waals surface area contributed by atoms with Crippen molar-refractivity contribution < 1.29 is 4.79 Å². The number of para-hydroxylation sites is 2. The molecule has 0 amide bonds. The van der Waals surface area contributed by atoms with Gasteiger partial charge in [0, 0.05) is 18.3 Å². The Morgan fingerprint density at radius 1 is 1.08 bits per heavy atom. The van der Waals surface area contributed by atoms with Crippen LogP contribution in [0.3, 0.4) is 0 Å². The van der Waals surface area contributed by atoms with Crippen LogP contribution in [0.15, 0.2) is 60.4 Å². The molecule has 2 aliphatic rings. The van der Waals surface area contributed by atoms with Crippen LogP contribution in [0.4, 0.5) is 11.4 Å². The Balaban J connectivity index is 1.88. The molecule has 0 spiro atoms. The van der Waals surface area contributed by atoms with Crippen molar-refractivity contribution in [2.45, 2.75) is 26.3 Å². The minimum absolute atomic E-state index is 0.135. The van der Waals surface area contributed by atoms with Gasteiger partial charge in [-0.25, -0.2) is 0 Å². The van der Waals surface area contributed by atoms with E-state index >= 15 is 0 Å². The molecule has 1 aromatic heterocycles. The third-order valence-electron chi connectivity index (χ3n) is 4.71. The van der Waals surface area contributed by atoms with Crippen molar-refractivity contribution in [3.8, 4) is 0 Å². The molecule has 24 heavy (non-hydrogen) atoms. The van der Waals surface area contributed by atoms with E-state index < -0.39 is 0 Å². The third kappa shape index (κ3) is 2.58. The molecule has 2 atom stereocenters. The van der Waals surface area contributed by atoms with Crippen LogP contribution in [0.5, 0.6) is 0 Å². The molecule has 0 bridgehead atoms. The number of carbonyl (C=O) groups is 1. The van der Waals surface area contributed by atoms with Crippen LogP contribution >= 0.6 is 0 Å². The summed E-state index contributed by atoms with van der Waals surface area (Å²) in [6, 6.07) is 13.7. The van der Waals surface area contributed by atoms with E-state index in [1.165, 1.54) is 0 Å². The molecule has 2 unspecified atom stereocenters. The third-order valence-corrected chi connectivity index (χ3v) is 4.71. The maximum absolute atomic E-state index is 13.0. The number of hydrogen-bond acceptors (Lipinski definition) is 4. The van der Waals surface area contributed by atoms with Crippen molar-refractivity contribution in [1.29, 1.82) is 0 Å². The average Bonchev–Trinajstić information content (AvgIpc) is 2.70. The molecular formula is C20H21N3O. The summed E-state index contributed by atoms with van der Waals surface area (Å²) in [5, 5.41) is 7.04. The van der Waals surface area contributed by atoms with Gasteiger partial charge in [-0.3, -0.25) is 9.78 Å². The fourth-order valence-electron chi connectivity index (χ4n) is 3.70. The maximum atomic E-state index is 13.0. The summed E-state index contributed by atoms with van der Waals surface area (Å²) < 4.78 is 0. The molecular weight excluding hydrogens is 298 g/mol. The van der Waals surface area contributed by atoms with E-state index in [0.717, 1.165) is 22.8 Å². The van der Waals surface area contributed by atoms with Gasteiger partial charge in [0.15, 0.2) is 0 Å². The van der Waals surface area contributed by atoms with Gasteiger partial charge in [-0.15, -0.1) is 0 Å².